The quantitative estimate of drug-likeness (QED) is 0.846. The lowest BCUT2D eigenvalue weighted by Crippen LogP contribution is -2.43. The minimum absolute atomic E-state index is 0.0903. The average Bonchev–Trinajstić information content (AvgIpc) is 2.63. The molecule has 1 aliphatic heterocycles. The SMILES string of the molecule is O=C(N[C@@H](CN1CCOCC1)c1ccccc1)c1ccc(Cl)nc1. The maximum atomic E-state index is 12.5. The molecule has 3 rings (SSSR count). The smallest absolute Gasteiger partial charge is 0.253 e. The molecule has 6 heteroatoms. The molecule has 1 saturated heterocycles. The highest BCUT2D eigenvalue weighted by Crippen LogP contribution is 2.16. The highest BCUT2D eigenvalue weighted by atomic mass is 35.5. The normalized spacial score (nSPS) is 16.5. The van der Waals surface area contributed by atoms with Gasteiger partial charge in [-0.25, -0.2) is 4.98 Å². The molecule has 1 fully saturated rings. The van der Waals surface area contributed by atoms with Crippen LogP contribution in [0.25, 0.3) is 0 Å². The molecule has 1 amide bonds. The van der Waals surface area contributed by atoms with Crippen molar-refractivity contribution in [1.82, 2.24) is 15.2 Å². The number of benzene rings is 1. The number of aromatic nitrogens is 1. The molecule has 0 saturated carbocycles. The van der Waals surface area contributed by atoms with E-state index in [1.807, 2.05) is 30.3 Å². The largest absolute Gasteiger partial charge is 0.379 e. The number of carbonyl (C=O) groups is 1. The number of amides is 1. The van der Waals surface area contributed by atoms with Gasteiger partial charge in [0.1, 0.15) is 5.15 Å². The molecular weight excluding hydrogens is 326 g/mol. The first kappa shape index (κ1) is 16.9. The number of ether oxygens (including phenoxy) is 1. The molecule has 0 spiro atoms. The molecule has 126 valence electrons. The number of nitrogens with zero attached hydrogens (tertiary/aromatic N) is 2. The fourth-order valence-electron chi connectivity index (χ4n) is 2.71. The van der Waals surface area contributed by atoms with Crippen LogP contribution in [0, 0.1) is 0 Å². The van der Waals surface area contributed by atoms with Crippen molar-refractivity contribution in [2.24, 2.45) is 0 Å². The molecule has 1 atom stereocenters. The van der Waals surface area contributed by atoms with E-state index in [2.05, 4.69) is 15.2 Å². The van der Waals surface area contributed by atoms with E-state index in [4.69, 9.17) is 16.3 Å². The number of rotatable bonds is 5. The summed E-state index contributed by atoms with van der Waals surface area (Å²) in [5.74, 6) is -0.152. The van der Waals surface area contributed by atoms with Crippen molar-refractivity contribution in [2.45, 2.75) is 6.04 Å². The maximum absolute atomic E-state index is 12.5. The standard InChI is InChI=1S/C18H20ClN3O2/c19-17-7-6-15(12-20-17)18(23)21-16(14-4-2-1-3-5-14)13-22-8-10-24-11-9-22/h1-7,12,16H,8-11,13H2,(H,21,23)/t16-/m0/s1. The molecule has 5 nitrogen and oxygen atoms in total. The number of hydrogen-bond acceptors (Lipinski definition) is 4. The zero-order chi connectivity index (χ0) is 16.8. The monoisotopic (exact) mass is 345 g/mol. The van der Waals surface area contributed by atoms with E-state index < -0.39 is 0 Å². The van der Waals surface area contributed by atoms with Gasteiger partial charge in [0.05, 0.1) is 24.8 Å². The second-order valence-electron chi connectivity index (χ2n) is 5.72. The Morgan fingerprint density at radius 1 is 1.21 bits per heavy atom. The summed E-state index contributed by atoms with van der Waals surface area (Å²) in [6.45, 7) is 3.97. The van der Waals surface area contributed by atoms with Crippen LogP contribution in [0.5, 0.6) is 0 Å². The average molecular weight is 346 g/mol. The molecule has 2 heterocycles. The van der Waals surface area contributed by atoms with Gasteiger partial charge in [-0.2, -0.15) is 0 Å². The molecule has 0 aliphatic carbocycles. The number of pyridine rings is 1. The van der Waals surface area contributed by atoms with Gasteiger partial charge in [0.2, 0.25) is 0 Å². The first-order valence-corrected chi connectivity index (χ1v) is 8.37. The van der Waals surface area contributed by atoms with E-state index in [9.17, 15) is 4.79 Å². The second kappa shape index (κ2) is 8.24. The van der Waals surface area contributed by atoms with Crippen molar-refractivity contribution in [3.05, 3.63) is 64.9 Å². The van der Waals surface area contributed by atoms with Crippen LogP contribution in [-0.4, -0.2) is 48.6 Å². The van der Waals surface area contributed by atoms with E-state index >= 15 is 0 Å². The summed E-state index contributed by atoms with van der Waals surface area (Å²) in [7, 11) is 0. The van der Waals surface area contributed by atoms with Gasteiger partial charge in [0.15, 0.2) is 0 Å². The third kappa shape index (κ3) is 4.54. The Kier molecular flexibility index (Phi) is 5.80. The van der Waals surface area contributed by atoms with Crippen molar-refractivity contribution < 1.29 is 9.53 Å². The summed E-state index contributed by atoms with van der Waals surface area (Å²) in [6.07, 6.45) is 1.49. The van der Waals surface area contributed by atoms with Crippen LogP contribution in [0.15, 0.2) is 48.7 Å². The van der Waals surface area contributed by atoms with Gasteiger partial charge in [-0.1, -0.05) is 41.9 Å². The van der Waals surface area contributed by atoms with E-state index in [0.717, 1.165) is 38.4 Å². The molecule has 2 aromatic rings. The molecule has 1 aromatic carbocycles. The lowest BCUT2D eigenvalue weighted by Gasteiger charge is -2.31. The summed E-state index contributed by atoms with van der Waals surface area (Å²) in [5.41, 5.74) is 1.58. The first-order chi connectivity index (χ1) is 11.7. The number of morpholine rings is 1. The van der Waals surface area contributed by atoms with Crippen molar-refractivity contribution >= 4 is 17.5 Å². The summed E-state index contributed by atoms with van der Waals surface area (Å²) < 4.78 is 5.40. The van der Waals surface area contributed by atoms with E-state index in [0.29, 0.717) is 10.7 Å². The van der Waals surface area contributed by atoms with E-state index in [1.165, 1.54) is 6.20 Å². The minimum atomic E-state index is -0.152. The topological polar surface area (TPSA) is 54.5 Å². The molecule has 1 N–H and O–H groups in total. The van der Waals surface area contributed by atoms with Crippen molar-refractivity contribution in [2.75, 3.05) is 32.8 Å². The number of carbonyl (C=O) groups excluding carboxylic acids is 1. The first-order valence-electron chi connectivity index (χ1n) is 8.00. The number of halogens is 1. The summed E-state index contributed by atoms with van der Waals surface area (Å²) in [4.78, 5) is 18.8. The van der Waals surface area contributed by atoms with Crippen LogP contribution in [0.1, 0.15) is 22.0 Å². The molecule has 1 aromatic heterocycles. The Morgan fingerprint density at radius 2 is 1.96 bits per heavy atom. The van der Waals surface area contributed by atoms with Crippen LogP contribution in [0.3, 0.4) is 0 Å². The molecule has 0 bridgehead atoms. The molecule has 1 aliphatic rings. The maximum Gasteiger partial charge on any atom is 0.253 e. The summed E-state index contributed by atoms with van der Waals surface area (Å²) in [5, 5.41) is 3.49. The second-order valence-corrected chi connectivity index (χ2v) is 6.11. The van der Waals surface area contributed by atoms with Gasteiger partial charge < -0.3 is 10.1 Å². The minimum Gasteiger partial charge on any atom is -0.379 e. The Morgan fingerprint density at radius 3 is 2.62 bits per heavy atom. The summed E-state index contributed by atoms with van der Waals surface area (Å²) in [6, 6.07) is 13.2. The third-order valence-electron chi connectivity index (χ3n) is 4.04. The van der Waals surface area contributed by atoms with Crippen LogP contribution < -0.4 is 5.32 Å². The summed E-state index contributed by atoms with van der Waals surface area (Å²) >= 11 is 5.79. The van der Waals surface area contributed by atoms with Gasteiger partial charge in [0.25, 0.3) is 5.91 Å². The van der Waals surface area contributed by atoms with Crippen molar-refractivity contribution in [1.29, 1.82) is 0 Å². The Labute approximate surface area is 146 Å². The zero-order valence-corrected chi connectivity index (χ0v) is 14.1. The van der Waals surface area contributed by atoms with Gasteiger partial charge in [-0.05, 0) is 17.7 Å². The van der Waals surface area contributed by atoms with Crippen molar-refractivity contribution in [3.8, 4) is 0 Å². The highest BCUT2D eigenvalue weighted by Gasteiger charge is 2.20. The Bertz CT molecular complexity index is 658. The van der Waals surface area contributed by atoms with Crippen molar-refractivity contribution in [3.63, 3.8) is 0 Å². The lowest BCUT2D eigenvalue weighted by atomic mass is 10.1. The number of nitrogens with one attached hydrogen (secondary N) is 1. The van der Waals surface area contributed by atoms with Gasteiger partial charge in [-0.3, -0.25) is 9.69 Å². The predicted octanol–water partition coefficient (Wildman–Crippen LogP) is 2.54. The lowest BCUT2D eigenvalue weighted by molar-refractivity contribution is 0.0332. The van der Waals surface area contributed by atoms with Gasteiger partial charge in [-0.15, -0.1) is 0 Å². The van der Waals surface area contributed by atoms with Crippen LogP contribution in [0.2, 0.25) is 5.15 Å². The van der Waals surface area contributed by atoms with Gasteiger partial charge in [0, 0.05) is 25.8 Å². The highest BCUT2D eigenvalue weighted by molar-refractivity contribution is 6.29. The van der Waals surface area contributed by atoms with E-state index in [-0.39, 0.29) is 11.9 Å². The molecule has 24 heavy (non-hydrogen) atoms. The number of hydrogen-bond donors (Lipinski definition) is 1. The van der Waals surface area contributed by atoms with E-state index in [1.54, 1.807) is 12.1 Å². The zero-order valence-electron chi connectivity index (χ0n) is 13.3. The van der Waals surface area contributed by atoms with Crippen LogP contribution in [-0.2, 0) is 4.74 Å². The predicted molar refractivity (Wildman–Crippen MR) is 93.2 cm³/mol. The molecular formula is C18H20ClN3O2. The third-order valence-corrected chi connectivity index (χ3v) is 4.26. The fraction of sp³-hybridized carbons (Fsp3) is 0.333. The fourth-order valence-corrected chi connectivity index (χ4v) is 2.83. The van der Waals surface area contributed by atoms with Gasteiger partial charge >= 0.3 is 0 Å². The Hall–Kier alpha value is -1.95. The molecule has 0 unspecified atom stereocenters. The Balaban J connectivity index is 1.73. The van der Waals surface area contributed by atoms with Crippen LogP contribution >= 0.6 is 11.6 Å². The van der Waals surface area contributed by atoms with Crippen LogP contribution in [0.4, 0.5) is 0 Å². The molecule has 0 radical (unpaired) electrons.